The minimum absolute atomic E-state index is 0.203. The van der Waals surface area contributed by atoms with Gasteiger partial charge in [-0.3, -0.25) is 0 Å². The second-order valence-electron chi connectivity index (χ2n) is 3.02. The predicted octanol–water partition coefficient (Wildman–Crippen LogP) is 2.16. The second kappa shape index (κ2) is 5.80. The number of aromatic nitrogens is 1. The van der Waals surface area contributed by atoms with Crippen LogP contribution in [0.4, 0.5) is 5.82 Å². The summed E-state index contributed by atoms with van der Waals surface area (Å²) in [4.78, 5) is 14.5. The highest BCUT2D eigenvalue weighted by Crippen LogP contribution is 2.04. The Bertz CT molecular complexity index is 344. The van der Waals surface area contributed by atoms with Crippen LogP contribution < -0.4 is 5.32 Å². The molecule has 80 valence electrons. The van der Waals surface area contributed by atoms with Crippen LogP contribution in [0.25, 0.3) is 0 Å². The van der Waals surface area contributed by atoms with Crippen LogP contribution in [0.15, 0.2) is 30.5 Å². The van der Waals surface area contributed by atoms with E-state index in [1.165, 1.54) is 12.3 Å². The van der Waals surface area contributed by atoms with Crippen molar-refractivity contribution in [2.45, 2.75) is 13.3 Å². The third-order valence-corrected chi connectivity index (χ3v) is 1.86. The Labute approximate surface area is 88.7 Å². The van der Waals surface area contributed by atoms with Crippen molar-refractivity contribution in [1.29, 1.82) is 0 Å². The zero-order valence-corrected chi connectivity index (χ0v) is 8.60. The Morgan fingerprint density at radius 1 is 1.60 bits per heavy atom. The van der Waals surface area contributed by atoms with Gasteiger partial charge in [-0.1, -0.05) is 12.2 Å². The number of hydrogen-bond acceptors (Lipinski definition) is 3. The first-order chi connectivity index (χ1) is 7.24. The summed E-state index contributed by atoms with van der Waals surface area (Å²) in [5.74, 6) is -0.257. The first kappa shape index (κ1) is 11.2. The van der Waals surface area contributed by atoms with Crippen LogP contribution in [0, 0.1) is 0 Å². The lowest BCUT2D eigenvalue weighted by Crippen LogP contribution is -2.03. The van der Waals surface area contributed by atoms with Gasteiger partial charge in [-0.05, 0) is 25.5 Å². The maximum atomic E-state index is 10.5. The van der Waals surface area contributed by atoms with E-state index in [1.807, 2.05) is 13.0 Å². The van der Waals surface area contributed by atoms with Gasteiger partial charge in [-0.2, -0.15) is 0 Å². The molecule has 0 fully saturated rings. The Morgan fingerprint density at radius 3 is 2.93 bits per heavy atom. The summed E-state index contributed by atoms with van der Waals surface area (Å²) in [6, 6.07) is 3.20. The van der Waals surface area contributed by atoms with E-state index < -0.39 is 5.97 Å². The first-order valence-corrected chi connectivity index (χ1v) is 4.78. The van der Waals surface area contributed by atoms with Crippen LogP contribution in [0.2, 0.25) is 0 Å². The maximum Gasteiger partial charge on any atom is 0.337 e. The molecule has 0 saturated carbocycles. The fraction of sp³-hybridized carbons (Fsp3) is 0.273. The van der Waals surface area contributed by atoms with Gasteiger partial charge in [0, 0.05) is 12.7 Å². The molecule has 0 spiro atoms. The van der Waals surface area contributed by atoms with Gasteiger partial charge in [-0.15, -0.1) is 0 Å². The van der Waals surface area contributed by atoms with Crippen molar-refractivity contribution in [3.63, 3.8) is 0 Å². The molecule has 0 unspecified atom stereocenters. The maximum absolute atomic E-state index is 10.5. The fourth-order valence-electron chi connectivity index (χ4n) is 1.08. The minimum Gasteiger partial charge on any atom is -0.478 e. The number of aromatic carboxylic acids is 1. The van der Waals surface area contributed by atoms with Crippen molar-refractivity contribution >= 4 is 11.8 Å². The quantitative estimate of drug-likeness (QED) is 0.572. The molecule has 1 heterocycles. The van der Waals surface area contributed by atoms with Gasteiger partial charge in [0.25, 0.3) is 0 Å². The van der Waals surface area contributed by atoms with Gasteiger partial charge in [0.15, 0.2) is 0 Å². The number of pyridine rings is 1. The van der Waals surface area contributed by atoms with E-state index in [2.05, 4.69) is 16.4 Å². The van der Waals surface area contributed by atoms with Crippen LogP contribution in [-0.4, -0.2) is 22.6 Å². The van der Waals surface area contributed by atoms with Crippen molar-refractivity contribution in [2.75, 3.05) is 11.9 Å². The molecule has 0 radical (unpaired) electrons. The summed E-state index contributed by atoms with van der Waals surface area (Å²) >= 11 is 0. The predicted molar refractivity (Wildman–Crippen MR) is 59.1 cm³/mol. The summed E-state index contributed by atoms with van der Waals surface area (Å²) in [5.41, 5.74) is 0.203. The smallest absolute Gasteiger partial charge is 0.337 e. The van der Waals surface area contributed by atoms with E-state index in [0.29, 0.717) is 5.82 Å². The number of nitrogens with one attached hydrogen (secondary N) is 1. The molecular weight excluding hydrogens is 192 g/mol. The highest BCUT2D eigenvalue weighted by Gasteiger charge is 2.01. The molecule has 15 heavy (non-hydrogen) atoms. The number of rotatable bonds is 5. The van der Waals surface area contributed by atoms with E-state index in [1.54, 1.807) is 6.07 Å². The molecule has 0 aliphatic rings. The van der Waals surface area contributed by atoms with Crippen LogP contribution in [0.5, 0.6) is 0 Å². The Kier molecular flexibility index (Phi) is 4.34. The number of carboxylic acids is 1. The van der Waals surface area contributed by atoms with Gasteiger partial charge in [0.05, 0.1) is 5.56 Å². The molecule has 1 rings (SSSR count). The average molecular weight is 206 g/mol. The van der Waals surface area contributed by atoms with Gasteiger partial charge < -0.3 is 10.4 Å². The summed E-state index contributed by atoms with van der Waals surface area (Å²) < 4.78 is 0. The van der Waals surface area contributed by atoms with E-state index in [0.717, 1.165) is 13.0 Å². The summed E-state index contributed by atoms with van der Waals surface area (Å²) in [6.45, 7) is 2.77. The number of anilines is 1. The third-order valence-electron chi connectivity index (χ3n) is 1.86. The van der Waals surface area contributed by atoms with Gasteiger partial charge in [0.1, 0.15) is 5.82 Å². The van der Waals surface area contributed by atoms with Gasteiger partial charge >= 0.3 is 5.97 Å². The summed E-state index contributed by atoms with van der Waals surface area (Å²) in [5, 5.41) is 11.7. The van der Waals surface area contributed by atoms with Crippen molar-refractivity contribution in [1.82, 2.24) is 4.98 Å². The Balaban J connectivity index is 2.46. The fourth-order valence-corrected chi connectivity index (χ4v) is 1.08. The zero-order valence-electron chi connectivity index (χ0n) is 8.60. The van der Waals surface area contributed by atoms with Gasteiger partial charge in [0.2, 0.25) is 0 Å². The summed E-state index contributed by atoms with van der Waals surface area (Å²) in [7, 11) is 0. The lowest BCUT2D eigenvalue weighted by molar-refractivity contribution is 0.0696. The molecule has 4 heteroatoms. The Hall–Kier alpha value is -1.84. The summed E-state index contributed by atoms with van der Waals surface area (Å²) in [6.07, 6.45) is 6.32. The third kappa shape index (κ3) is 3.81. The molecule has 0 aromatic carbocycles. The monoisotopic (exact) mass is 206 g/mol. The Morgan fingerprint density at radius 2 is 2.40 bits per heavy atom. The molecule has 0 aliphatic carbocycles. The zero-order chi connectivity index (χ0) is 11.1. The molecule has 4 nitrogen and oxygen atoms in total. The molecule has 0 atom stereocenters. The number of nitrogens with zero attached hydrogens (tertiary/aromatic N) is 1. The largest absolute Gasteiger partial charge is 0.478 e. The molecule has 1 aromatic rings. The van der Waals surface area contributed by atoms with Crippen LogP contribution >= 0.6 is 0 Å². The van der Waals surface area contributed by atoms with Crippen LogP contribution in [-0.2, 0) is 0 Å². The molecular formula is C11H14N2O2. The van der Waals surface area contributed by atoms with E-state index in [9.17, 15) is 4.79 Å². The van der Waals surface area contributed by atoms with Crippen molar-refractivity contribution in [3.8, 4) is 0 Å². The SMILES string of the molecule is C/C=C/CCNc1ccc(C(=O)O)cn1. The first-order valence-electron chi connectivity index (χ1n) is 4.78. The van der Waals surface area contributed by atoms with Crippen molar-refractivity contribution < 1.29 is 9.90 Å². The topological polar surface area (TPSA) is 62.2 Å². The molecule has 0 saturated heterocycles. The molecule has 0 aliphatic heterocycles. The van der Waals surface area contributed by atoms with Crippen LogP contribution in [0.3, 0.4) is 0 Å². The molecule has 2 N–H and O–H groups in total. The normalized spacial score (nSPS) is 10.5. The number of allylic oxidation sites excluding steroid dienone is 1. The van der Waals surface area contributed by atoms with E-state index >= 15 is 0 Å². The highest BCUT2D eigenvalue weighted by atomic mass is 16.4. The standard InChI is InChI=1S/C11H14N2O2/c1-2-3-4-7-12-10-6-5-9(8-13-10)11(14)15/h2-3,5-6,8H,4,7H2,1H3,(H,12,13)(H,14,15)/b3-2+. The lowest BCUT2D eigenvalue weighted by Gasteiger charge is -2.03. The minimum atomic E-state index is -0.956. The highest BCUT2D eigenvalue weighted by molar-refractivity contribution is 5.87. The second-order valence-corrected chi connectivity index (χ2v) is 3.02. The number of carbonyl (C=O) groups is 1. The van der Waals surface area contributed by atoms with Crippen LogP contribution in [0.1, 0.15) is 23.7 Å². The number of carboxylic acid groups (broad SMARTS) is 1. The molecule has 0 amide bonds. The lowest BCUT2D eigenvalue weighted by atomic mass is 10.3. The van der Waals surface area contributed by atoms with Crippen molar-refractivity contribution in [3.05, 3.63) is 36.0 Å². The number of hydrogen-bond donors (Lipinski definition) is 2. The molecule has 1 aromatic heterocycles. The van der Waals surface area contributed by atoms with Gasteiger partial charge in [-0.25, -0.2) is 9.78 Å². The van der Waals surface area contributed by atoms with E-state index in [4.69, 9.17) is 5.11 Å². The average Bonchev–Trinajstić information content (AvgIpc) is 2.25. The van der Waals surface area contributed by atoms with E-state index in [-0.39, 0.29) is 5.56 Å². The molecule has 0 bridgehead atoms. The van der Waals surface area contributed by atoms with Crippen molar-refractivity contribution in [2.24, 2.45) is 0 Å².